The Kier molecular flexibility index (Phi) is 4.71. The molecule has 1 heterocycles. The lowest BCUT2D eigenvalue weighted by molar-refractivity contribution is 0.139. The second-order valence-corrected chi connectivity index (χ2v) is 6.66. The maximum absolute atomic E-state index is 6.15. The molecular formula is C17H29N3. The zero-order valence-corrected chi connectivity index (χ0v) is 13.4. The smallest absolute Gasteiger partial charge is 0.0400 e. The average Bonchev–Trinajstić information content (AvgIpc) is 2.42. The molecule has 0 radical (unpaired) electrons. The van der Waals surface area contributed by atoms with Crippen molar-refractivity contribution in [1.29, 1.82) is 0 Å². The number of rotatable bonds is 4. The highest BCUT2D eigenvalue weighted by Gasteiger charge is 2.31. The Morgan fingerprint density at radius 3 is 2.60 bits per heavy atom. The molecule has 1 unspecified atom stereocenters. The van der Waals surface area contributed by atoms with Gasteiger partial charge in [-0.1, -0.05) is 25.1 Å². The summed E-state index contributed by atoms with van der Waals surface area (Å²) < 4.78 is 0. The van der Waals surface area contributed by atoms with Crippen LogP contribution in [-0.4, -0.2) is 43.2 Å². The third-order valence-corrected chi connectivity index (χ3v) is 4.66. The van der Waals surface area contributed by atoms with Crippen LogP contribution in [0, 0.1) is 0 Å². The predicted molar refractivity (Wildman–Crippen MR) is 87.3 cm³/mol. The summed E-state index contributed by atoms with van der Waals surface area (Å²) in [5, 5.41) is 0. The number of benzene rings is 1. The van der Waals surface area contributed by atoms with Gasteiger partial charge in [0.15, 0.2) is 0 Å². The van der Waals surface area contributed by atoms with Crippen LogP contribution in [0.5, 0.6) is 0 Å². The largest absolute Gasteiger partial charge is 0.368 e. The maximum Gasteiger partial charge on any atom is 0.0400 e. The van der Waals surface area contributed by atoms with Crippen molar-refractivity contribution >= 4 is 5.69 Å². The van der Waals surface area contributed by atoms with Gasteiger partial charge in [-0.15, -0.1) is 0 Å². The molecule has 1 saturated heterocycles. The van der Waals surface area contributed by atoms with Crippen LogP contribution >= 0.6 is 0 Å². The molecular weight excluding hydrogens is 246 g/mol. The van der Waals surface area contributed by atoms with Crippen LogP contribution < -0.4 is 10.6 Å². The van der Waals surface area contributed by atoms with Gasteiger partial charge in [0.1, 0.15) is 0 Å². The van der Waals surface area contributed by atoms with E-state index in [4.69, 9.17) is 5.73 Å². The van der Waals surface area contributed by atoms with Crippen molar-refractivity contribution < 1.29 is 0 Å². The fourth-order valence-electron chi connectivity index (χ4n) is 2.86. The molecule has 1 aromatic rings. The molecule has 0 amide bonds. The van der Waals surface area contributed by atoms with E-state index in [0.717, 1.165) is 32.5 Å². The summed E-state index contributed by atoms with van der Waals surface area (Å²) in [6.45, 7) is 10.1. The molecule has 20 heavy (non-hydrogen) atoms. The molecule has 2 N–H and O–H groups in total. The third-order valence-electron chi connectivity index (χ3n) is 4.66. The highest BCUT2D eigenvalue weighted by Crippen LogP contribution is 2.28. The number of para-hydroxylation sites is 1. The van der Waals surface area contributed by atoms with Crippen LogP contribution in [0.2, 0.25) is 0 Å². The van der Waals surface area contributed by atoms with E-state index < -0.39 is 0 Å². The highest BCUT2D eigenvalue weighted by molar-refractivity contribution is 5.54. The number of hydrogen-bond donors (Lipinski definition) is 1. The average molecular weight is 275 g/mol. The first-order valence-corrected chi connectivity index (χ1v) is 7.73. The number of nitrogens with two attached hydrogens (primary N) is 1. The number of likely N-dealkylation sites (N-methyl/N-ethyl adjacent to an activating group) is 1. The quantitative estimate of drug-likeness (QED) is 0.916. The predicted octanol–water partition coefficient (Wildman–Crippen LogP) is 2.50. The van der Waals surface area contributed by atoms with Crippen molar-refractivity contribution in [2.75, 3.05) is 31.6 Å². The van der Waals surface area contributed by atoms with Crippen molar-refractivity contribution in [3.8, 4) is 0 Å². The highest BCUT2D eigenvalue weighted by atomic mass is 15.3. The minimum absolute atomic E-state index is 0.220. The zero-order valence-electron chi connectivity index (χ0n) is 13.4. The van der Waals surface area contributed by atoms with E-state index in [0.29, 0.717) is 0 Å². The molecule has 0 aromatic heterocycles. The van der Waals surface area contributed by atoms with E-state index >= 15 is 0 Å². The summed E-state index contributed by atoms with van der Waals surface area (Å²) >= 11 is 0. The normalized spacial score (nSPS) is 20.9. The minimum atomic E-state index is 0.220. The van der Waals surface area contributed by atoms with Gasteiger partial charge < -0.3 is 10.6 Å². The van der Waals surface area contributed by atoms with Crippen LogP contribution in [0.25, 0.3) is 0 Å². The zero-order chi connectivity index (χ0) is 14.8. The molecule has 3 heteroatoms. The van der Waals surface area contributed by atoms with Crippen LogP contribution in [0.3, 0.4) is 0 Å². The van der Waals surface area contributed by atoms with E-state index in [-0.39, 0.29) is 11.6 Å². The molecule has 3 nitrogen and oxygen atoms in total. The Bertz CT molecular complexity index is 442. The van der Waals surface area contributed by atoms with E-state index in [1.807, 2.05) is 0 Å². The molecule has 1 aliphatic rings. The number of hydrogen-bond acceptors (Lipinski definition) is 3. The number of anilines is 1. The van der Waals surface area contributed by atoms with Gasteiger partial charge in [-0.2, -0.15) is 0 Å². The maximum atomic E-state index is 6.15. The van der Waals surface area contributed by atoms with Crippen molar-refractivity contribution in [2.45, 2.75) is 45.2 Å². The first-order chi connectivity index (χ1) is 9.44. The third kappa shape index (κ3) is 3.33. The van der Waals surface area contributed by atoms with Crippen molar-refractivity contribution in [3.63, 3.8) is 0 Å². The molecule has 112 valence electrons. The number of piperazine rings is 1. The topological polar surface area (TPSA) is 32.5 Å². The van der Waals surface area contributed by atoms with E-state index in [2.05, 4.69) is 61.9 Å². The van der Waals surface area contributed by atoms with Gasteiger partial charge in [-0.25, -0.2) is 0 Å². The van der Waals surface area contributed by atoms with Gasteiger partial charge in [-0.3, -0.25) is 4.90 Å². The molecule has 1 aromatic carbocycles. The molecule has 0 spiro atoms. The van der Waals surface area contributed by atoms with Gasteiger partial charge in [0.25, 0.3) is 0 Å². The second kappa shape index (κ2) is 6.15. The first kappa shape index (κ1) is 15.3. The van der Waals surface area contributed by atoms with Crippen LogP contribution in [0.1, 0.15) is 32.8 Å². The van der Waals surface area contributed by atoms with Gasteiger partial charge >= 0.3 is 0 Å². The lowest BCUT2D eigenvalue weighted by Crippen LogP contribution is -2.57. The fraction of sp³-hybridized carbons (Fsp3) is 0.647. The molecule has 0 bridgehead atoms. The lowest BCUT2D eigenvalue weighted by Gasteiger charge is -2.46. The fourth-order valence-corrected chi connectivity index (χ4v) is 2.86. The Labute approximate surface area is 123 Å². The van der Waals surface area contributed by atoms with Gasteiger partial charge in [0, 0.05) is 36.9 Å². The molecule has 1 aliphatic heterocycles. The second-order valence-electron chi connectivity index (χ2n) is 6.66. The molecule has 2 rings (SSSR count). The van der Waals surface area contributed by atoms with Crippen LogP contribution in [0.15, 0.2) is 24.3 Å². The molecule has 1 fully saturated rings. The van der Waals surface area contributed by atoms with Gasteiger partial charge in [0.2, 0.25) is 0 Å². The SMILES string of the molecule is CCC(N)Cc1ccccc1N1CCN(C)C(C)(C)C1. The standard InChI is InChI=1S/C17H29N3/c1-5-15(18)12-14-8-6-7-9-16(14)20-11-10-19(4)17(2,3)13-20/h6-9,15H,5,10-13,18H2,1-4H3. The first-order valence-electron chi connectivity index (χ1n) is 7.73. The van der Waals surface area contributed by atoms with Gasteiger partial charge in [-0.05, 0) is 45.4 Å². The van der Waals surface area contributed by atoms with E-state index in [1.54, 1.807) is 0 Å². The Balaban J connectivity index is 2.20. The minimum Gasteiger partial charge on any atom is -0.368 e. The van der Waals surface area contributed by atoms with Crippen molar-refractivity contribution in [1.82, 2.24) is 4.90 Å². The summed E-state index contributed by atoms with van der Waals surface area (Å²) in [4.78, 5) is 4.97. The van der Waals surface area contributed by atoms with Crippen LogP contribution in [-0.2, 0) is 6.42 Å². The summed E-state index contributed by atoms with van der Waals surface area (Å²) in [5.41, 5.74) is 9.14. The molecule has 1 atom stereocenters. The molecule has 0 saturated carbocycles. The van der Waals surface area contributed by atoms with Crippen LogP contribution in [0.4, 0.5) is 5.69 Å². The van der Waals surface area contributed by atoms with E-state index in [9.17, 15) is 0 Å². The summed E-state index contributed by atoms with van der Waals surface area (Å²) in [5.74, 6) is 0. The molecule has 0 aliphatic carbocycles. The number of nitrogens with zero attached hydrogens (tertiary/aromatic N) is 2. The van der Waals surface area contributed by atoms with E-state index in [1.165, 1.54) is 11.3 Å². The monoisotopic (exact) mass is 275 g/mol. The summed E-state index contributed by atoms with van der Waals surface area (Å²) in [6, 6.07) is 9.01. The van der Waals surface area contributed by atoms with Crippen molar-refractivity contribution in [2.24, 2.45) is 5.73 Å². The Hall–Kier alpha value is -1.06. The van der Waals surface area contributed by atoms with Crippen molar-refractivity contribution in [3.05, 3.63) is 29.8 Å². The Morgan fingerprint density at radius 2 is 1.95 bits per heavy atom. The Morgan fingerprint density at radius 1 is 1.25 bits per heavy atom. The summed E-state index contributed by atoms with van der Waals surface area (Å²) in [7, 11) is 2.22. The summed E-state index contributed by atoms with van der Waals surface area (Å²) in [6.07, 6.45) is 2.00. The van der Waals surface area contributed by atoms with Gasteiger partial charge in [0.05, 0.1) is 0 Å². The lowest BCUT2D eigenvalue weighted by atomic mass is 9.97.